The minimum atomic E-state index is -0.879. The van der Waals surface area contributed by atoms with Crippen molar-refractivity contribution in [1.29, 1.82) is 0 Å². The van der Waals surface area contributed by atoms with E-state index in [0.717, 1.165) is 10.5 Å². The van der Waals surface area contributed by atoms with E-state index in [1.807, 2.05) is 0 Å². The van der Waals surface area contributed by atoms with Crippen LogP contribution in [0.2, 0.25) is 5.02 Å². The molecule has 1 heterocycles. The van der Waals surface area contributed by atoms with Gasteiger partial charge in [0.1, 0.15) is 18.0 Å². The van der Waals surface area contributed by atoms with Crippen molar-refractivity contribution < 1.29 is 28.2 Å². The summed E-state index contributed by atoms with van der Waals surface area (Å²) < 4.78 is 25.6. The third-order valence-corrected chi connectivity index (χ3v) is 6.53. The third-order valence-electron chi connectivity index (χ3n) is 5.44. The molecule has 3 aromatic carbocycles. The summed E-state index contributed by atoms with van der Waals surface area (Å²) in [7, 11) is 1.43. The molecule has 1 aliphatic heterocycles. The number of imide groups is 2. The van der Waals surface area contributed by atoms with Crippen LogP contribution in [0.4, 0.5) is 14.9 Å². The Bertz CT molecular complexity index is 1430. The summed E-state index contributed by atoms with van der Waals surface area (Å²) >= 11 is 9.57. The van der Waals surface area contributed by atoms with E-state index >= 15 is 0 Å². The molecule has 0 saturated carbocycles. The van der Waals surface area contributed by atoms with Crippen molar-refractivity contribution in [2.45, 2.75) is 13.5 Å². The lowest BCUT2D eigenvalue weighted by molar-refractivity contribution is -0.122. The zero-order valence-corrected chi connectivity index (χ0v) is 21.4. The zero-order chi connectivity index (χ0) is 26.0. The quantitative estimate of drug-likeness (QED) is 0.297. The number of hydrogen-bond donors (Lipinski definition) is 1. The SMILES string of the molecule is COc1cc(/C=C2/C(=O)NC(=O)N(c3ccc(C)c(Cl)c3)C2=O)c(Br)cc1OCc1ccccc1F. The molecule has 0 spiro atoms. The van der Waals surface area contributed by atoms with Gasteiger partial charge in [0.25, 0.3) is 11.8 Å². The van der Waals surface area contributed by atoms with E-state index in [1.54, 1.807) is 49.4 Å². The number of carbonyl (C=O) groups excluding carboxylic acids is 3. The van der Waals surface area contributed by atoms with Crippen LogP contribution in [-0.2, 0) is 16.2 Å². The molecule has 0 aliphatic carbocycles. The Kier molecular flexibility index (Phi) is 7.42. The van der Waals surface area contributed by atoms with Gasteiger partial charge in [0, 0.05) is 15.1 Å². The molecule has 0 radical (unpaired) electrons. The summed E-state index contributed by atoms with van der Waals surface area (Å²) in [5.41, 5.74) is 1.51. The largest absolute Gasteiger partial charge is 0.493 e. The molecule has 0 aromatic heterocycles. The molecule has 1 N–H and O–H groups in total. The van der Waals surface area contributed by atoms with Crippen LogP contribution in [0.25, 0.3) is 6.08 Å². The Labute approximate surface area is 219 Å². The number of anilines is 1. The highest BCUT2D eigenvalue weighted by molar-refractivity contribution is 9.10. The summed E-state index contributed by atoms with van der Waals surface area (Å²) in [6.07, 6.45) is 1.33. The fourth-order valence-corrected chi connectivity index (χ4v) is 4.08. The number of rotatable bonds is 6. The highest BCUT2D eigenvalue weighted by Gasteiger charge is 2.37. The molecule has 36 heavy (non-hydrogen) atoms. The van der Waals surface area contributed by atoms with Crippen molar-refractivity contribution in [3.8, 4) is 11.5 Å². The van der Waals surface area contributed by atoms with Crippen molar-refractivity contribution >= 4 is 57.1 Å². The Hall–Kier alpha value is -3.69. The number of ether oxygens (including phenoxy) is 2. The van der Waals surface area contributed by atoms with Gasteiger partial charge in [-0.2, -0.15) is 0 Å². The molecule has 1 saturated heterocycles. The number of benzene rings is 3. The summed E-state index contributed by atoms with van der Waals surface area (Å²) in [6, 6.07) is 13.2. The van der Waals surface area contributed by atoms with Gasteiger partial charge in [-0.15, -0.1) is 0 Å². The Balaban J connectivity index is 1.66. The maximum Gasteiger partial charge on any atom is 0.335 e. The molecule has 7 nitrogen and oxygen atoms in total. The first kappa shape index (κ1) is 25.4. The Morgan fingerprint density at radius 3 is 2.53 bits per heavy atom. The van der Waals surface area contributed by atoms with E-state index in [9.17, 15) is 18.8 Å². The zero-order valence-electron chi connectivity index (χ0n) is 19.1. The first-order valence-electron chi connectivity index (χ1n) is 10.6. The third kappa shape index (κ3) is 5.12. The predicted molar refractivity (Wildman–Crippen MR) is 137 cm³/mol. The average molecular weight is 574 g/mol. The maximum atomic E-state index is 13.9. The number of methoxy groups -OCH3 is 1. The molecule has 10 heteroatoms. The topological polar surface area (TPSA) is 84.9 Å². The van der Waals surface area contributed by atoms with Gasteiger partial charge in [-0.05, 0) is 54.5 Å². The normalized spacial score (nSPS) is 14.8. The summed E-state index contributed by atoms with van der Waals surface area (Å²) in [5.74, 6) is -1.43. The number of aryl methyl sites for hydroxylation is 1. The molecule has 4 amide bonds. The van der Waals surface area contributed by atoms with E-state index in [-0.39, 0.29) is 17.9 Å². The van der Waals surface area contributed by atoms with Crippen LogP contribution < -0.4 is 19.7 Å². The van der Waals surface area contributed by atoms with Gasteiger partial charge in [0.2, 0.25) is 0 Å². The summed E-state index contributed by atoms with van der Waals surface area (Å²) in [4.78, 5) is 39.1. The summed E-state index contributed by atoms with van der Waals surface area (Å²) in [6.45, 7) is 1.75. The van der Waals surface area contributed by atoms with E-state index in [2.05, 4.69) is 21.2 Å². The molecule has 4 rings (SSSR count). The van der Waals surface area contributed by atoms with Crippen LogP contribution in [0.1, 0.15) is 16.7 Å². The predicted octanol–water partition coefficient (Wildman–Crippen LogP) is 5.80. The second-order valence-corrected chi connectivity index (χ2v) is 9.06. The highest BCUT2D eigenvalue weighted by atomic mass is 79.9. The van der Waals surface area contributed by atoms with Gasteiger partial charge in [-0.3, -0.25) is 14.9 Å². The molecule has 0 unspecified atom stereocenters. The molecule has 0 bridgehead atoms. The number of amides is 4. The van der Waals surface area contributed by atoms with Gasteiger partial charge in [-0.1, -0.05) is 51.8 Å². The van der Waals surface area contributed by atoms with E-state index < -0.39 is 23.7 Å². The molecule has 0 atom stereocenters. The van der Waals surface area contributed by atoms with E-state index in [0.29, 0.717) is 32.1 Å². The van der Waals surface area contributed by atoms with E-state index in [4.69, 9.17) is 21.1 Å². The molecule has 1 aliphatic rings. The van der Waals surface area contributed by atoms with Crippen molar-refractivity contribution in [1.82, 2.24) is 5.32 Å². The van der Waals surface area contributed by atoms with Crippen molar-refractivity contribution in [2.24, 2.45) is 0 Å². The number of nitrogens with zero attached hydrogens (tertiary/aromatic N) is 1. The van der Waals surface area contributed by atoms with Crippen LogP contribution in [0.3, 0.4) is 0 Å². The maximum absolute atomic E-state index is 13.9. The molecule has 1 fully saturated rings. The lowest BCUT2D eigenvalue weighted by Crippen LogP contribution is -2.54. The van der Waals surface area contributed by atoms with E-state index in [1.165, 1.54) is 25.3 Å². The van der Waals surface area contributed by atoms with Crippen LogP contribution >= 0.6 is 27.5 Å². The Morgan fingerprint density at radius 2 is 1.83 bits per heavy atom. The fourth-order valence-electron chi connectivity index (χ4n) is 3.47. The number of urea groups is 1. The minimum Gasteiger partial charge on any atom is -0.493 e. The lowest BCUT2D eigenvalue weighted by atomic mass is 10.1. The minimum absolute atomic E-state index is 0.0347. The van der Waals surface area contributed by atoms with Crippen molar-refractivity contribution in [2.75, 3.05) is 12.0 Å². The number of hydrogen-bond acceptors (Lipinski definition) is 5. The average Bonchev–Trinajstić information content (AvgIpc) is 2.84. The number of halogens is 3. The molecule has 3 aromatic rings. The number of barbiturate groups is 1. The van der Waals surface area contributed by atoms with Crippen molar-refractivity contribution in [3.63, 3.8) is 0 Å². The van der Waals surface area contributed by atoms with Crippen LogP contribution in [0, 0.1) is 12.7 Å². The van der Waals surface area contributed by atoms with Crippen LogP contribution in [-0.4, -0.2) is 25.0 Å². The van der Waals surface area contributed by atoms with Crippen LogP contribution in [0.15, 0.2) is 64.6 Å². The van der Waals surface area contributed by atoms with Gasteiger partial charge in [0.05, 0.1) is 12.8 Å². The van der Waals surface area contributed by atoms with Crippen LogP contribution in [0.5, 0.6) is 11.5 Å². The molecular weight excluding hydrogens is 555 g/mol. The fraction of sp³-hybridized carbons (Fsp3) is 0.115. The molecular formula is C26H19BrClFN2O5. The second kappa shape index (κ2) is 10.5. The smallest absolute Gasteiger partial charge is 0.335 e. The van der Waals surface area contributed by atoms with Gasteiger partial charge < -0.3 is 9.47 Å². The van der Waals surface area contributed by atoms with Crippen molar-refractivity contribution in [3.05, 3.63) is 92.2 Å². The highest BCUT2D eigenvalue weighted by Crippen LogP contribution is 2.36. The van der Waals surface area contributed by atoms with Gasteiger partial charge in [0.15, 0.2) is 11.5 Å². The Morgan fingerprint density at radius 1 is 1.08 bits per heavy atom. The number of carbonyl (C=O) groups is 3. The number of nitrogens with one attached hydrogen (secondary N) is 1. The first-order valence-corrected chi connectivity index (χ1v) is 11.8. The summed E-state index contributed by atoms with van der Waals surface area (Å²) in [5, 5.41) is 2.54. The first-order chi connectivity index (χ1) is 17.2. The monoisotopic (exact) mass is 572 g/mol. The standard InChI is InChI=1S/C26H19BrClFN2O5/c1-14-7-8-17(11-20(14)28)31-25(33)18(24(32)30-26(31)34)9-16-10-22(35-2)23(12-19(16)27)36-13-15-5-3-4-6-21(15)29/h3-12H,13H2,1-2H3,(H,30,32,34)/b18-9-. The lowest BCUT2D eigenvalue weighted by Gasteiger charge is -2.26. The second-order valence-electron chi connectivity index (χ2n) is 7.80. The van der Waals surface area contributed by atoms with Gasteiger partial charge in [-0.25, -0.2) is 14.1 Å². The molecule has 184 valence electrons. The van der Waals surface area contributed by atoms with Gasteiger partial charge >= 0.3 is 6.03 Å².